The van der Waals surface area contributed by atoms with Gasteiger partial charge in [-0.05, 0) is 67.1 Å². The van der Waals surface area contributed by atoms with Gasteiger partial charge in [-0.3, -0.25) is 0 Å². The summed E-state index contributed by atoms with van der Waals surface area (Å²) in [6.45, 7) is 2.45. The number of nitrogens with zero attached hydrogens (tertiary/aromatic N) is 1. The number of ether oxygens (including phenoxy) is 2. The third-order valence-corrected chi connectivity index (χ3v) is 4.73. The predicted molar refractivity (Wildman–Crippen MR) is 115 cm³/mol. The SMILES string of the molecule is CCOc1ccc2oc(-c3ccc(OC)cc3)cc(=Nc3cccc(C(=O)[O-])c3)c2c1. The molecule has 4 rings (SSSR count). The van der Waals surface area contributed by atoms with Crippen LogP contribution in [0.5, 0.6) is 11.5 Å². The van der Waals surface area contributed by atoms with Gasteiger partial charge in [0.2, 0.25) is 0 Å². The van der Waals surface area contributed by atoms with Crippen LogP contribution >= 0.6 is 0 Å². The zero-order valence-corrected chi connectivity index (χ0v) is 17.1. The Balaban J connectivity index is 1.93. The van der Waals surface area contributed by atoms with Crippen molar-refractivity contribution in [3.63, 3.8) is 0 Å². The van der Waals surface area contributed by atoms with Crippen LogP contribution in [0.15, 0.2) is 82.2 Å². The highest BCUT2D eigenvalue weighted by Gasteiger charge is 2.08. The van der Waals surface area contributed by atoms with Crippen molar-refractivity contribution in [3.05, 3.63) is 83.7 Å². The maximum atomic E-state index is 11.2. The molecule has 0 unspecified atom stereocenters. The Bertz CT molecular complexity index is 1310. The van der Waals surface area contributed by atoms with E-state index in [9.17, 15) is 9.90 Å². The van der Waals surface area contributed by atoms with Crippen molar-refractivity contribution in [1.29, 1.82) is 0 Å². The Morgan fingerprint density at radius 1 is 1.00 bits per heavy atom. The van der Waals surface area contributed by atoms with Gasteiger partial charge in [0.25, 0.3) is 0 Å². The Hall–Kier alpha value is -4.06. The lowest BCUT2D eigenvalue weighted by molar-refractivity contribution is -0.255. The second-order valence-electron chi connectivity index (χ2n) is 6.76. The molecular weight excluding hydrogens is 394 g/mol. The van der Waals surface area contributed by atoms with E-state index in [0.717, 1.165) is 16.7 Å². The molecule has 6 heteroatoms. The Kier molecular flexibility index (Phi) is 5.71. The smallest absolute Gasteiger partial charge is 0.137 e. The molecule has 0 fully saturated rings. The summed E-state index contributed by atoms with van der Waals surface area (Å²) in [5, 5.41) is 12.6. The average Bonchev–Trinajstić information content (AvgIpc) is 2.79. The quantitative estimate of drug-likeness (QED) is 0.474. The molecule has 6 nitrogen and oxygen atoms in total. The molecule has 0 saturated heterocycles. The van der Waals surface area contributed by atoms with Gasteiger partial charge in [0.15, 0.2) is 0 Å². The van der Waals surface area contributed by atoms with E-state index in [1.165, 1.54) is 12.1 Å². The van der Waals surface area contributed by atoms with Crippen LogP contribution in [0.4, 0.5) is 5.69 Å². The van der Waals surface area contributed by atoms with E-state index < -0.39 is 5.97 Å². The molecule has 0 bridgehead atoms. The fraction of sp³-hybridized carbons (Fsp3) is 0.120. The number of fused-ring (bicyclic) bond motifs is 1. The second-order valence-corrected chi connectivity index (χ2v) is 6.76. The number of carboxylic acid groups (broad SMARTS) is 1. The topological polar surface area (TPSA) is 84.1 Å². The second kappa shape index (κ2) is 8.75. The van der Waals surface area contributed by atoms with Crippen molar-refractivity contribution in [2.24, 2.45) is 4.99 Å². The Labute approximate surface area is 179 Å². The number of carbonyl (C=O) groups excluding carboxylic acids is 1. The summed E-state index contributed by atoms with van der Waals surface area (Å²) >= 11 is 0. The zero-order valence-electron chi connectivity index (χ0n) is 17.1. The number of hydrogen-bond acceptors (Lipinski definition) is 6. The first kappa shape index (κ1) is 20.2. The van der Waals surface area contributed by atoms with E-state index in [0.29, 0.717) is 34.7 Å². The van der Waals surface area contributed by atoms with Crippen LogP contribution in [0.2, 0.25) is 0 Å². The molecule has 156 valence electrons. The molecule has 0 radical (unpaired) electrons. The molecule has 0 aliphatic heterocycles. The van der Waals surface area contributed by atoms with Crippen LogP contribution in [0.1, 0.15) is 17.3 Å². The molecule has 0 amide bonds. The summed E-state index contributed by atoms with van der Waals surface area (Å²) in [5.41, 5.74) is 2.05. The molecule has 4 aromatic rings. The minimum atomic E-state index is -1.25. The molecule has 31 heavy (non-hydrogen) atoms. The van der Waals surface area contributed by atoms with Crippen LogP contribution in [-0.4, -0.2) is 19.7 Å². The fourth-order valence-electron chi connectivity index (χ4n) is 3.24. The first-order chi connectivity index (χ1) is 15.1. The predicted octanol–water partition coefficient (Wildman–Crippen LogP) is 4.10. The third-order valence-electron chi connectivity index (χ3n) is 4.73. The fourth-order valence-corrected chi connectivity index (χ4v) is 3.24. The van der Waals surface area contributed by atoms with Gasteiger partial charge in [-0.25, -0.2) is 4.99 Å². The number of hydrogen-bond donors (Lipinski definition) is 0. The Morgan fingerprint density at radius 2 is 1.77 bits per heavy atom. The van der Waals surface area contributed by atoms with Crippen molar-refractivity contribution < 1.29 is 23.8 Å². The van der Waals surface area contributed by atoms with Gasteiger partial charge in [0.05, 0.1) is 30.7 Å². The van der Waals surface area contributed by atoms with Gasteiger partial charge in [0, 0.05) is 17.0 Å². The minimum Gasteiger partial charge on any atom is -0.545 e. The maximum Gasteiger partial charge on any atom is 0.137 e. The van der Waals surface area contributed by atoms with Gasteiger partial charge in [-0.1, -0.05) is 12.1 Å². The number of benzene rings is 3. The maximum absolute atomic E-state index is 11.2. The summed E-state index contributed by atoms with van der Waals surface area (Å²) in [5.74, 6) is 0.814. The number of methoxy groups -OCH3 is 1. The van der Waals surface area contributed by atoms with Crippen molar-refractivity contribution >= 4 is 22.6 Å². The standard InChI is InChI=1S/C25H21NO5/c1-3-30-20-11-12-23-21(14-20)22(26-18-6-4-5-17(13-18)25(27)28)15-24(31-23)16-7-9-19(29-2)10-8-16/h4-15H,3H2,1-2H3,(H,27,28)/p-1. The van der Waals surface area contributed by atoms with Gasteiger partial charge in [0.1, 0.15) is 22.8 Å². The molecule has 1 aromatic heterocycles. The molecule has 3 aromatic carbocycles. The molecule has 0 N–H and O–H groups in total. The van der Waals surface area contributed by atoms with Crippen molar-refractivity contribution in [2.45, 2.75) is 6.92 Å². The molecular formula is C25H20NO5-. The minimum absolute atomic E-state index is 0.0663. The zero-order chi connectivity index (χ0) is 21.8. The van der Waals surface area contributed by atoms with Gasteiger partial charge in [-0.2, -0.15) is 0 Å². The van der Waals surface area contributed by atoms with E-state index in [1.54, 1.807) is 19.2 Å². The first-order valence-corrected chi connectivity index (χ1v) is 9.78. The van der Waals surface area contributed by atoms with Crippen molar-refractivity contribution in [1.82, 2.24) is 0 Å². The number of carbonyl (C=O) groups is 1. The lowest BCUT2D eigenvalue weighted by atomic mass is 10.1. The highest BCUT2D eigenvalue weighted by atomic mass is 16.5. The van der Waals surface area contributed by atoms with Crippen molar-refractivity contribution in [3.8, 4) is 22.8 Å². The van der Waals surface area contributed by atoms with Gasteiger partial charge >= 0.3 is 0 Å². The lowest BCUT2D eigenvalue weighted by Gasteiger charge is -2.09. The summed E-state index contributed by atoms with van der Waals surface area (Å²) in [6.07, 6.45) is 0. The number of aromatic carboxylic acids is 1. The third kappa shape index (κ3) is 4.43. The van der Waals surface area contributed by atoms with Crippen LogP contribution in [-0.2, 0) is 0 Å². The summed E-state index contributed by atoms with van der Waals surface area (Å²) < 4.78 is 17.0. The highest BCUT2D eigenvalue weighted by molar-refractivity contribution is 5.87. The number of carboxylic acids is 1. The van der Waals surface area contributed by atoms with E-state index in [4.69, 9.17) is 18.9 Å². The summed E-state index contributed by atoms with van der Waals surface area (Å²) in [4.78, 5) is 15.9. The monoisotopic (exact) mass is 414 g/mol. The molecule has 0 aliphatic carbocycles. The van der Waals surface area contributed by atoms with Crippen molar-refractivity contribution in [2.75, 3.05) is 13.7 Å². The summed E-state index contributed by atoms with van der Waals surface area (Å²) in [6, 6.07) is 21.2. The van der Waals surface area contributed by atoms with E-state index in [1.807, 2.05) is 55.5 Å². The molecule has 0 aliphatic rings. The van der Waals surface area contributed by atoms with E-state index >= 15 is 0 Å². The molecule has 0 saturated carbocycles. The van der Waals surface area contributed by atoms with E-state index in [-0.39, 0.29) is 5.56 Å². The van der Waals surface area contributed by atoms with Crippen LogP contribution in [0, 0.1) is 0 Å². The first-order valence-electron chi connectivity index (χ1n) is 9.78. The highest BCUT2D eigenvalue weighted by Crippen LogP contribution is 2.27. The van der Waals surface area contributed by atoms with E-state index in [2.05, 4.69) is 0 Å². The largest absolute Gasteiger partial charge is 0.545 e. The van der Waals surface area contributed by atoms with Crippen LogP contribution < -0.4 is 19.9 Å². The lowest BCUT2D eigenvalue weighted by Crippen LogP contribution is -2.21. The average molecular weight is 414 g/mol. The normalized spacial score (nSPS) is 11.5. The van der Waals surface area contributed by atoms with Crippen LogP contribution in [0.25, 0.3) is 22.3 Å². The molecule has 0 spiro atoms. The molecule has 0 atom stereocenters. The molecule has 1 heterocycles. The Morgan fingerprint density at radius 3 is 2.48 bits per heavy atom. The van der Waals surface area contributed by atoms with Crippen LogP contribution in [0.3, 0.4) is 0 Å². The van der Waals surface area contributed by atoms with Gasteiger partial charge in [-0.15, -0.1) is 0 Å². The summed E-state index contributed by atoms with van der Waals surface area (Å²) in [7, 11) is 1.61. The van der Waals surface area contributed by atoms with Gasteiger partial charge < -0.3 is 23.8 Å². The number of rotatable bonds is 6.